The second-order valence-electron chi connectivity index (χ2n) is 10.1. The molecular weight excluding hydrogens is 439 g/mol. The molecule has 0 aromatic heterocycles. The van der Waals surface area contributed by atoms with Gasteiger partial charge in [0.15, 0.2) is 6.61 Å². The van der Waals surface area contributed by atoms with Gasteiger partial charge in [0.2, 0.25) is 0 Å². The van der Waals surface area contributed by atoms with E-state index < -0.39 is 0 Å². The number of nitrogens with zero attached hydrogens (tertiary/aromatic N) is 2. The summed E-state index contributed by atoms with van der Waals surface area (Å²) in [7, 11) is 0. The van der Waals surface area contributed by atoms with Gasteiger partial charge in [-0.05, 0) is 54.8 Å². The van der Waals surface area contributed by atoms with Crippen LogP contribution < -0.4 is 4.74 Å². The van der Waals surface area contributed by atoms with Crippen LogP contribution in [-0.2, 0) is 16.8 Å². The molecule has 0 spiro atoms. The molecule has 1 saturated heterocycles. The molecule has 1 aliphatic rings. The highest BCUT2D eigenvalue weighted by molar-refractivity contribution is 5.78. The van der Waals surface area contributed by atoms with Crippen molar-refractivity contribution in [3.05, 3.63) is 101 Å². The fourth-order valence-corrected chi connectivity index (χ4v) is 4.81. The maximum absolute atomic E-state index is 13.2. The summed E-state index contributed by atoms with van der Waals surface area (Å²) in [6.45, 7) is 10.8. The lowest BCUT2D eigenvalue weighted by Gasteiger charge is -2.44. The van der Waals surface area contributed by atoms with Gasteiger partial charge >= 0.3 is 0 Å². The third-order valence-corrected chi connectivity index (χ3v) is 7.17. The number of amides is 1. The lowest BCUT2D eigenvalue weighted by Crippen LogP contribution is -2.58. The average Bonchev–Trinajstić information content (AvgIpc) is 2.86. The molecule has 35 heavy (non-hydrogen) atoms. The van der Waals surface area contributed by atoms with Gasteiger partial charge in [0.1, 0.15) is 11.6 Å². The third kappa shape index (κ3) is 5.91. The van der Waals surface area contributed by atoms with E-state index in [1.165, 1.54) is 23.3 Å². The van der Waals surface area contributed by atoms with Gasteiger partial charge in [-0.1, -0.05) is 68.4 Å². The summed E-state index contributed by atoms with van der Waals surface area (Å²) < 4.78 is 19.1. The Balaban J connectivity index is 1.32. The second-order valence-corrected chi connectivity index (χ2v) is 10.1. The van der Waals surface area contributed by atoms with E-state index in [2.05, 4.69) is 69.0 Å². The van der Waals surface area contributed by atoms with Crippen molar-refractivity contribution in [3.8, 4) is 5.75 Å². The van der Waals surface area contributed by atoms with Crippen LogP contribution in [0.25, 0.3) is 0 Å². The largest absolute Gasteiger partial charge is 0.484 e. The first-order chi connectivity index (χ1) is 16.7. The normalized spacial score (nSPS) is 18.9. The van der Waals surface area contributed by atoms with Crippen LogP contribution >= 0.6 is 0 Å². The first-order valence-corrected chi connectivity index (χ1v) is 12.3. The minimum absolute atomic E-state index is 0.000487. The standard InChI is InChI=1S/C30H35FN2O2/c1-22-19-33(23(2)18-32(22)20-24-10-14-27(31)15-11-24)29(34)21-35-28-16-12-26(13-17-28)30(3,4)25-8-6-5-7-9-25/h5-17,22-23H,18-21H2,1-4H3. The fourth-order valence-electron chi connectivity index (χ4n) is 4.81. The highest BCUT2D eigenvalue weighted by Gasteiger charge is 2.32. The number of halogens is 1. The van der Waals surface area contributed by atoms with Crippen LogP contribution in [0, 0.1) is 5.82 Å². The molecular formula is C30H35FN2O2. The van der Waals surface area contributed by atoms with Gasteiger partial charge in [0.25, 0.3) is 5.91 Å². The van der Waals surface area contributed by atoms with Gasteiger partial charge in [-0.2, -0.15) is 0 Å². The van der Waals surface area contributed by atoms with E-state index in [0.29, 0.717) is 12.3 Å². The zero-order valence-corrected chi connectivity index (χ0v) is 21.1. The van der Waals surface area contributed by atoms with Crippen molar-refractivity contribution in [2.45, 2.75) is 51.7 Å². The Bertz CT molecular complexity index is 1110. The predicted molar refractivity (Wildman–Crippen MR) is 138 cm³/mol. The molecule has 2 unspecified atom stereocenters. The average molecular weight is 475 g/mol. The van der Waals surface area contributed by atoms with E-state index in [1.807, 2.05) is 35.2 Å². The summed E-state index contributed by atoms with van der Waals surface area (Å²) in [5.74, 6) is 0.473. The van der Waals surface area contributed by atoms with Gasteiger partial charge in [0, 0.05) is 37.1 Å². The van der Waals surface area contributed by atoms with Gasteiger partial charge in [-0.3, -0.25) is 9.69 Å². The Labute approximate surface area is 208 Å². The molecule has 0 bridgehead atoms. The smallest absolute Gasteiger partial charge is 0.260 e. The highest BCUT2D eigenvalue weighted by atomic mass is 19.1. The Morgan fingerprint density at radius 2 is 1.51 bits per heavy atom. The lowest BCUT2D eigenvalue weighted by molar-refractivity contribution is -0.139. The van der Waals surface area contributed by atoms with Gasteiger partial charge < -0.3 is 9.64 Å². The topological polar surface area (TPSA) is 32.8 Å². The lowest BCUT2D eigenvalue weighted by atomic mass is 9.78. The van der Waals surface area contributed by atoms with Crippen molar-refractivity contribution in [1.82, 2.24) is 9.80 Å². The van der Waals surface area contributed by atoms with Crippen molar-refractivity contribution < 1.29 is 13.9 Å². The zero-order valence-electron chi connectivity index (χ0n) is 21.1. The van der Waals surface area contributed by atoms with E-state index in [0.717, 1.165) is 18.7 Å². The molecule has 3 aromatic rings. The Morgan fingerprint density at radius 3 is 2.17 bits per heavy atom. The van der Waals surface area contributed by atoms with Gasteiger partial charge in [-0.15, -0.1) is 0 Å². The van der Waals surface area contributed by atoms with E-state index in [-0.39, 0.29) is 35.8 Å². The van der Waals surface area contributed by atoms with Crippen LogP contribution in [0.2, 0.25) is 0 Å². The van der Waals surface area contributed by atoms with Crippen LogP contribution in [0.4, 0.5) is 4.39 Å². The van der Waals surface area contributed by atoms with Crippen molar-refractivity contribution in [2.24, 2.45) is 0 Å². The number of carbonyl (C=O) groups excluding carboxylic acids is 1. The third-order valence-electron chi connectivity index (χ3n) is 7.17. The summed E-state index contributed by atoms with van der Waals surface area (Å²) in [6.07, 6.45) is 0. The zero-order chi connectivity index (χ0) is 25.0. The molecule has 1 fully saturated rings. The summed E-state index contributed by atoms with van der Waals surface area (Å²) >= 11 is 0. The first-order valence-electron chi connectivity index (χ1n) is 12.3. The van der Waals surface area contributed by atoms with E-state index in [1.54, 1.807) is 0 Å². The Kier molecular flexibility index (Phi) is 7.56. The molecule has 184 valence electrons. The molecule has 0 N–H and O–H groups in total. The number of rotatable bonds is 7. The quantitative estimate of drug-likeness (QED) is 0.444. The maximum Gasteiger partial charge on any atom is 0.260 e. The molecule has 1 amide bonds. The molecule has 4 rings (SSSR count). The number of ether oxygens (including phenoxy) is 1. The molecule has 5 heteroatoms. The number of hydrogen-bond donors (Lipinski definition) is 0. The summed E-state index contributed by atoms with van der Waals surface area (Å²) in [5, 5.41) is 0. The molecule has 3 aromatic carbocycles. The molecule has 0 radical (unpaired) electrons. The highest BCUT2D eigenvalue weighted by Crippen LogP contribution is 2.32. The molecule has 0 saturated carbocycles. The van der Waals surface area contributed by atoms with Crippen LogP contribution in [0.3, 0.4) is 0 Å². The van der Waals surface area contributed by atoms with Crippen molar-refractivity contribution in [2.75, 3.05) is 19.7 Å². The number of carbonyl (C=O) groups is 1. The predicted octanol–water partition coefficient (Wildman–Crippen LogP) is 5.65. The maximum atomic E-state index is 13.2. The molecule has 1 aliphatic heterocycles. The monoisotopic (exact) mass is 474 g/mol. The first kappa shape index (κ1) is 24.9. The molecule has 0 aliphatic carbocycles. The van der Waals surface area contributed by atoms with Crippen LogP contribution in [0.15, 0.2) is 78.9 Å². The summed E-state index contributed by atoms with van der Waals surface area (Å²) in [6, 6.07) is 25.4. The van der Waals surface area contributed by atoms with Crippen LogP contribution in [-0.4, -0.2) is 47.5 Å². The number of benzene rings is 3. The van der Waals surface area contributed by atoms with Crippen LogP contribution in [0.1, 0.15) is 44.4 Å². The summed E-state index contributed by atoms with van der Waals surface area (Å²) in [5.41, 5.74) is 3.41. The minimum atomic E-state index is -0.222. The van der Waals surface area contributed by atoms with Gasteiger partial charge in [-0.25, -0.2) is 4.39 Å². The molecule has 1 heterocycles. The van der Waals surface area contributed by atoms with Crippen molar-refractivity contribution in [1.29, 1.82) is 0 Å². The molecule has 2 atom stereocenters. The van der Waals surface area contributed by atoms with Crippen molar-refractivity contribution in [3.63, 3.8) is 0 Å². The van der Waals surface area contributed by atoms with E-state index in [9.17, 15) is 9.18 Å². The number of hydrogen-bond acceptors (Lipinski definition) is 3. The second kappa shape index (κ2) is 10.6. The number of piperazine rings is 1. The van der Waals surface area contributed by atoms with Crippen molar-refractivity contribution >= 4 is 5.91 Å². The van der Waals surface area contributed by atoms with E-state index in [4.69, 9.17) is 4.74 Å². The van der Waals surface area contributed by atoms with Gasteiger partial charge in [0.05, 0.1) is 0 Å². The van der Waals surface area contributed by atoms with Crippen LogP contribution in [0.5, 0.6) is 5.75 Å². The summed E-state index contributed by atoms with van der Waals surface area (Å²) in [4.78, 5) is 17.2. The minimum Gasteiger partial charge on any atom is -0.484 e. The molecule has 4 nitrogen and oxygen atoms in total. The Hall–Kier alpha value is -3.18. The fraction of sp³-hybridized carbons (Fsp3) is 0.367. The van der Waals surface area contributed by atoms with E-state index >= 15 is 0 Å². The Morgan fingerprint density at radius 1 is 0.886 bits per heavy atom. The SMILES string of the molecule is CC1CN(C(=O)COc2ccc(C(C)(C)c3ccccc3)cc2)C(C)CN1Cc1ccc(F)cc1.